The molecule has 0 aliphatic carbocycles. The number of carbonyl (C=O) groups is 1. The SMILES string of the molecule is CC(O)c1ccc(NC(=O)c2ccc(Cl)cc2Cl)cc1. The van der Waals surface area contributed by atoms with Crippen LogP contribution in [0.4, 0.5) is 5.69 Å². The highest BCUT2D eigenvalue weighted by Crippen LogP contribution is 2.22. The molecule has 2 rings (SSSR count). The number of amides is 1. The first-order valence-corrected chi connectivity index (χ1v) is 6.77. The van der Waals surface area contributed by atoms with Gasteiger partial charge in [-0.15, -0.1) is 0 Å². The minimum Gasteiger partial charge on any atom is -0.389 e. The number of rotatable bonds is 3. The van der Waals surface area contributed by atoms with Crippen molar-refractivity contribution in [3.63, 3.8) is 0 Å². The molecule has 0 spiro atoms. The molecule has 0 heterocycles. The first-order chi connectivity index (χ1) is 9.47. The second-order valence-electron chi connectivity index (χ2n) is 4.38. The van der Waals surface area contributed by atoms with Crippen molar-refractivity contribution >= 4 is 34.8 Å². The van der Waals surface area contributed by atoms with E-state index in [1.165, 1.54) is 6.07 Å². The summed E-state index contributed by atoms with van der Waals surface area (Å²) in [7, 11) is 0. The van der Waals surface area contributed by atoms with Crippen molar-refractivity contribution < 1.29 is 9.90 Å². The maximum Gasteiger partial charge on any atom is 0.257 e. The lowest BCUT2D eigenvalue weighted by atomic mass is 10.1. The third-order valence-corrected chi connectivity index (χ3v) is 3.37. The zero-order chi connectivity index (χ0) is 14.7. The van der Waals surface area contributed by atoms with Crippen LogP contribution in [-0.4, -0.2) is 11.0 Å². The Labute approximate surface area is 127 Å². The van der Waals surface area contributed by atoms with Gasteiger partial charge in [0.15, 0.2) is 0 Å². The Hall–Kier alpha value is -1.55. The fraction of sp³-hybridized carbons (Fsp3) is 0.133. The normalized spacial score (nSPS) is 12.0. The Morgan fingerprint density at radius 1 is 1.15 bits per heavy atom. The van der Waals surface area contributed by atoms with Gasteiger partial charge in [-0.05, 0) is 42.8 Å². The first kappa shape index (κ1) is 14.9. The summed E-state index contributed by atoms with van der Waals surface area (Å²) in [6.07, 6.45) is -0.537. The Morgan fingerprint density at radius 3 is 2.35 bits per heavy atom. The van der Waals surface area contributed by atoms with Crippen molar-refractivity contribution in [3.05, 3.63) is 63.6 Å². The van der Waals surface area contributed by atoms with Crippen molar-refractivity contribution in [2.75, 3.05) is 5.32 Å². The molecule has 2 aromatic rings. The van der Waals surface area contributed by atoms with Crippen LogP contribution >= 0.6 is 23.2 Å². The Kier molecular flexibility index (Phi) is 4.65. The summed E-state index contributed by atoms with van der Waals surface area (Å²) in [6, 6.07) is 11.7. The van der Waals surface area contributed by atoms with Crippen LogP contribution in [0.3, 0.4) is 0 Å². The summed E-state index contributed by atoms with van der Waals surface area (Å²) >= 11 is 11.8. The minimum absolute atomic E-state index is 0.301. The molecule has 0 aliphatic rings. The highest BCUT2D eigenvalue weighted by Gasteiger charge is 2.11. The first-order valence-electron chi connectivity index (χ1n) is 6.02. The van der Waals surface area contributed by atoms with Crippen LogP contribution in [0.25, 0.3) is 0 Å². The third kappa shape index (κ3) is 3.51. The van der Waals surface area contributed by atoms with Crippen molar-refractivity contribution in [2.24, 2.45) is 0 Å². The minimum atomic E-state index is -0.537. The van der Waals surface area contributed by atoms with Gasteiger partial charge in [-0.25, -0.2) is 0 Å². The van der Waals surface area contributed by atoms with E-state index in [-0.39, 0.29) is 5.91 Å². The Bertz CT molecular complexity index is 624. The van der Waals surface area contributed by atoms with Gasteiger partial charge in [-0.3, -0.25) is 4.79 Å². The number of hydrogen-bond donors (Lipinski definition) is 2. The molecule has 5 heteroatoms. The third-order valence-electron chi connectivity index (χ3n) is 2.83. The lowest BCUT2D eigenvalue weighted by molar-refractivity contribution is 0.102. The molecule has 0 bridgehead atoms. The van der Waals surface area contributed by atoms with E-state index in [2.05, 4.69) is 5.32 Å². The fourth-order valence-corrected chi connectivity index (χ4v) is 2.21. The van der Waals surface area contributed by atoms with Crippen molar-refractivity contribution in [1.82, 2.24) is 0 Å². The van der Waals surface area contributed by atoms with Gasteiger partial charge in [0.25, 0.3) is 5.91 Å². The van der Waals surface area contributed by atoms with E-state index >= 15 is 0 Å². The van der Waals surface area contributed by atoms with Crippen LogP contribution in [0.15, 0.2) is 42.5 Å². The van der Waals surface area contributed by atoms with Gasteiger partial charge < -0.3 is 10.4 Å². The summed E-state index contributed by atoms with van der Waals surface area (Å²) in [5, 5.41) is 12.9. The quantitative estimate of drug-likeness (QED) is 0.888. The predicted octanol–water partition coefficient (Wildman–Crippen LogP) is 4.30. The molecule has 2 N–H and O–H groups in total. The zero-order valence-electron chi connectivity index (χ0n) is 10.7. The van der Waals surface area contributed by atoms with Crippen LogP contribution in [-0.2, 0) is 0 Å². The number of carbonyl (C=O) groups excluding carboxylic acids is 1. The van der Waals surface area contributed by atoms with Crippen molar-refractivity contribution in [2.45, 2.75) is 13.0 Å². The maximum absolute atomic E-state index is 12.1. The van der Waals surface area contributed by atoms with Gasteiger partial charge in [0, 0.05) is 10.7 Å². The molecule has 20 heavy (non-hydrogen) atoms. The molecule has 0 fully saturated rings. The predicted molar refractivity (Wildman–Crippen MR) is 81.5 cm³/mol. The van der Waals surface area contributed by atoms with E-state index in [4.69, 9.17) is 23.2 Å². The number of benzene rings is 2. The van der Waals surface area contributed by atoms with Crippen LogP contribution in [0.5, 0.6) is 0 Å². The van der Waals surface area contributed by atoms with E-state index in [0.29, 0.717) is 21.3 Å². The van der Waals surface area contributed by atoms with Gasteiger partial charge in [0.1, 0.15) is 0 Å². The van der Waals surface area contributed by atoms with E-state index in [1.54, 1.807) is 43.3 Å². The molecule has 1 amide bonds. The number of hydrogen-bond acceptors (Lipinski definition) is 2. The number of aliphatic hydroxyl groups excluding tert-OH is 1. The summed E-state index contributed by atoms with van der Waals surface area (Å²) in [6.45, 7) is 1.68. The molecule has 1 atom stereocenters. The van der Waals surface area contributed by atoms with Crippen LogP contribution < -0.4 is 5.32 Å². The standard InChI is InChI=1S/C15H13Cl2NO2/c1-9(19)10-2-5-12(6-3-10)18-15(20)13-7-4-11(16)8-14(13)17/h2-9,19H,1H3,(H,18,20). The largest absolute Gasteiger partial charge is 0.389 e. The van der Waals surface area contributed by atoms with Crippen LogP contribution in [0.1, 0.15) is 28.9 Å². The number of aliphatic hydroxyl groups is 1. The second-order valence-corrected chi connectivity index (χ2v) is 5.22. The molecular formula is C15H13Cl2NO2. The topological polar surface area (TPSA) is 49.3 Å². The number of halogens is 2. The molecular weight excluding hydrogens is 297 g/mol. The molecule has 0 aliphatic heterocycles. The molecule has 0 saturated heterocycles. The van der Waals surface area contributed by atoms with E-state index < -0.39 is 6.10 Å². The maximum atomic E-state index is 12.1. The summed E-state index contributed by atoms with van der Waals surface area (Å²) in [5.41, 5.74) is 1.77. The van der Waals surface area contributed by atoms with Crippen molar-refractivity contribution in [1.29, 1.82) is 0 Å². The van der Waals surface area contributed by atoms with E-state index in [0.717, 1.165) is 5.56 Å². The Balaban J connectivity index is 2.15. The second kappa shape index (κ2) is 6.27. The number of anilines is 1. The number of nitrogens with one attached hydrogen (secondary N) is 1. The summed E-state index contributed by atoms with van der Waals surface area (Å²) < 4.78 is 0. The monoisotopic (exact) mass is 309 g/mol. The fourth-order valence-electron chi connectivity index (χ4n) is 1.72. The molecule has 0 saturated carbocycles. The van der Waals surface area contributed by atoms with Gasteiger partial charge in [0.05, 0.1) is 16.7 Å². The lowest BCUT2D eigenvalue weighted by Crippen LogP contribution is -2.12. The molecule has 2 aromatic carbocycles. The Morgan fingerprint density at radius 2 is 1.80 bits per heavy atom. The van der Waals surface area contributed by atoms with Crippen LogP contribution in [0.2, 0.25) is 10.0 Å². The average molecular weight is 310 g/mol. The molecule has 1 unspecified atom stereocenters. The average Bonchev–Trinajstić information content (AvgIpc) is 2.39. The van der Waals surface area contributed by atoms with E-state index in [9.17, 15) is 9.90 Å². The van der Waals surface area contributed by atoms with Gasteiger partial charge in [-0.2, -0.15) is 0 Å². The van der Waals surface area contributed by atoms with Gasteiger partial charge in [0.2, 0.25) is 0 Å². The molecule has 0 aromatic heterocycles. The zero-order valence-corrected chi connectivity index (χ0v) is 12.2. The van der Waals surface area contributed by atoms with Crippen LogP contribution in [0, 0.1) is 0 Å². The van der Waals surface area contributed by atoms with Gasteiger partial charge in [-0.1, -0.05) is 35.3 Å². The molecule has 3 nitrogen and oxygen atoms in total. The lowest BCUT2D eigenvalue weighted by Gasteiger charge is -2.09. The highest BCUT2D eigenvalue weighted by molar-refractivity contribution is 6.37. The highest BCUT2D eigenvalue weighted by atomic mass is 35.5. The molecule has 104 valence electrons. The van der Waals surface area contributed by atoms with Gasteiger partial charge >= 0.3 is 0 Å². The molecule has 0 radical (unpaired) electrons. The van der Waals surface area contributed by atoms with Crippen molar-refractivity contribution in [3.8, 4) is 0 Å². The summed E-state index contributed by atoms with van der Waals surface area (Å²) in [5.74, 6) is -0.309. The smallest absolute Gasteiger partial charge is 0.257 e. The summed E-state index contributed by atoms with van der Waals surface area (Å²) in [4.78, 5) is 12.1. The van der Waals surface area contributed by atoms with E-state index in [1.807, 2.05) is 0 Å².